The van der Waals surface area contributed by atoms with Crippen LogP contribution in [0.3, 0.4) is 0 Å². The van der Waals surface area contributed by atoms with Crippen molar-refractivity contribution in [3.8, 4) is 0 Å². The van der Waals surface area contributed by atoms with Gasteiger partial charge in [-0.15, -0.1) is 0 Å². The van der Waals surface area contributed by atoms with Crippen LogP contribution in [-0.4, -0.2) is 74.8 Å². The molecule has 0 saturated carbocycles. The Morgan fingerprint density at radius 3 is 2.60 bits per heavy atom. The Balaban J connectivity index is 1.49. The summed E-state index contributed by atoms with van der Waals surface area (Å²) in [7, 11) is 3.85. The molecule has 0 radical (unpaired) electrons. The number of hydrogen-bond donors (Lipinski definition) is 1. The summed E-state index contributed by atoms with van der Waals surface area (Å²) in [6, 6.07) is 9.82. The van der Waals surface area contributed by atoms with Crippen LogP contribution < -0.4 is 10.9 Å². The highest BCUT2D eigenvalue weighted by atomic mass is 16.2. The van der Waals surface area contributed by atoms with Gasteiger partial charge in [-0.1, -0.05) is 30.3 Å². The fourth-order valence-electron chi connectivity index (χ4n) is 3.78. The second-order valence-electron chi connectivity index (χ2n) is 7.82. The molecular formula is C21H27N7O2. The maximum Gasteiger partial charge on any atom is 0.264 e. The van der Waals surface area contributed by atoms with Gasteiger partial charge in [0.05, 0.1) is 12.2 Å². The van der Waals surface area contributed by atoms with Crippen LogP contribution in [0, 0.1) is 0 Å². The molecule has 3 aromatic rings. The van der Waals surface area contributed by atoms with Gasteiger partial charge in [0.1, 0.15) is 18.3 Å². The molecule has 1 fully saturated rings. The van der Waals surface area contributed by atoms with Gasteiger partial charge < -0.3 is 10.2 Å². The highest BCUT2D eigenvalue weighted by molar-refractivity contribution is 5.77. The van der Waals surface area contributed by atoms with E-state index in [-0.39, 0.29) is 24.1 Å². The lowest BCUT2D eigenvalue weighted by Crippen LogP contribution is -2.48. The van der Waals surface area contributed by atoms with Gasteiger partial charge in [-0.3, -0.25) is 23.7 Å². The predicted molar refractivity (Wildman–Crippen MR) is 114 cm³/mol. The van der Waals surface area contributed by atoms with Gasteiger partial charge in [-0.25, -0.2) is 4.98 Å². The van der Waals surface area contributed by atoms with Crippen molar-refractivity contribution < 1.29 is 4.79 Å². The Morgan fingerprint density at radius 1 is 1.13 bits per heavy atom. The molecule has 30 heavy (non-hydrogen) atoms. The Labute approximate surface area is 174 Å². The van der Waals surface area contributed by atoms with Crippen molar-refractivity contribution in [2.75, 3.05) is 39.8 Å². The number of benzene rings is 1. The van der Waals surface area contributed by atoms with Crippen molar-refractivity contribution in [3.05, 3.63) is 58.8 Å². The van der Waals surface area contributed by atoms with Crippen LogP contribution in [0.2, 0.25) is 0 Å². The topological polar surface area (TPSA) is 88.3 Å². The van der Waals surface area contributed by atoms with Crippen LogP contribution >= 0.6 is 0 Å². The van der Waals surface area contributed by atoms with Crippen LogP contribution in [0.1, 0.15) is 11.6 Å². The third-order valence-electron chi connectivity index (χ3n) is 5.61. The van der Waals surface area contributed by atoms with Crippen LogP contribution in [0.4, 0.5) is 0 Å². The van der Waals surface area contributed by atoms with Gasteiger partial charge in [0.25, 0.3) is 5.56 Å². The average molecular weight is 409 g/mol. The molecule has 1 atom stereocenters. The van der Waals surface area contributed by atoms with Crippen molar-refractivity contribution in [2.24, 2.45) is 7.05 Å². The Bertz CT molecular complexity index is 1070. The monoisotopic (exact) mass is 409 g/mol. The van der Waals surface area contributed by atoms with E-state index < -0.39 is 0 Å². The lowest BCUT2D eigenvalue weighted by molar-refractivity contribution is -0.122. The van der Waals surface area contributed by atoms with Crippen molar-refractivity contribution in [1.82, 2.24) is 34.4 Å². The average Bonchev–Trinajstić information content (AvgIpc) is 3.13. The van der Waals surface area contributed by atoms with E-state index in [9.17, 15) is 9.59 Å². The summed E-state index contributed by atoms with van der Waals surface area (Å²) in [5.41, 5.74) is 1.30. The van der Waals surface area contributed by atoms with E-state index in [1.165, 1.54) is 17.1 Å². The number of carbonyl (C=O) groups is 1. The maximum absolute atomic E-state index is 12.8. The maximum atomic E-state index is 12.8. The van der Waals surface area contributed by atoms with E-state index >= 15 is 0 Å². The third kappa shape index (κ3) is 4.42. The number of aryl methyl sites for hydroxylation is 1. The van der Waals surface area contributed by atoms with Gasteiger partial charge in [0.15, 0.2) is 5.65 Å². The van der Waals surface area contributed by atoms with Gasteiger partial charge in [-0.2, -0.15) is 5.10 Å². The van der Waals surface area contributed by atoms with E-state index in [0.29, 0.717) is 11.0 Å². The van der Waals surface area contributed by atoms with Crippen LogP contribution in [0.25, 0.3) is 11.0 Å². The molecule has 1 amide bonds. The Morgan fingerprint density at radius 2 is 1.87 bits per heavy atom. The second-order valence-corrected chi connectivity index (χ2v) is 7.82. The third-order valence-corrected chi connectivity index (χ3v) is 5.61. The SMILES string of the molecule is CN1CCN(CC(NC(=O)Cn2cnc3c(cnn3C)c2=O)c2ccccc2)CC1. The molecule has 2 aromatic heterocycles. The van der Waals surface area contributed by atoms with Gasteiger partial charge in [0.2, 0.25) is 5.91 Å². The lowest BCUT2D eigenvalue weighted by Gasteiger charge is -2.35. The van der Waals surface area contributed by atoms with E-state index in [0.717, 1.165) is 38.3 Å². The highest BCUT2D eigenvalue weighted by Crippen LogP contribution is 2.15. The van der Waals surface area contributed by atoms with Crippen LogP contribution in [0.5, 0.6) is 0 Å². The van der Waals surface area contributed by atoms with E-state index in [1.807, 2.05) is 30.3 Å². The first-order valence-corrected chi connectivity index (χ1v) is 10.1. The number of piperazine rings is 1. The number of nitrogens with zero attached hydrogens (tertiary/aromatic N) is 6. The zero-order chi connectivity index (χ0) is 21.1. The summed E-state index contributed by atoms with van der Waals surface area (Å²) >= 11 is 0. The first-order valence-electron chi connectivity index (χ1n) is 10.1. The van der Waals surface area contributed by atoms with Crippen molar-refractivity contribution in [3.63, 3.8) is 0 Å². The minimum absolute atomic E-state index is 0.0806. The van der Waals surface area contributed by atoms with E-state index in [4.69, 9.17) is 0 Å². The molecular weight excluding hydrogens is 382 g/mol. The second kappa shape index (κ2) is 8.76. The molecule has 9 heteroatoms. The molecule has 3 heterocycles. The van der Waals surface area contributed by atoms with E-state index in [2.05, 4.69) is 32.2 Å². The quantitative estimate of drug-likeness (QED) is 0.627. The van der Waals surface area contributed by atoms with Gasteiger partial charge in [-0.05, 0) is 12.6 Å². The molecule has 1 aliphatic heterocycles. The number of carbonyl (C=O) groups excluding carboxylic acids is 1. The molecule has 1 unspecified atom stereocenters. The fourth-order valence-corrected chi connectivity index (χ4v) is 3.78. The number of hydrogen-bond acceptors (Lipinski definition) is 6. The fraction of sp³-hybridized carbons (Fsp3) is 0.429. The van der Waals surface area contributed by atoms with Gasteiger partial charge >= 0.3 is 0 Å². The molecule has 158 valence electrons. The Kier molecular flexibility index (Phi) is 5.91. The Hall–Kier alpha value is -3.04. The normalized spacial score (nSPS) is 16.6. The molecule has 4 rings (SSSR count). The lowest BCUT2D eigenvalue weighted by atomic mass is 10.1. The summed E-state index contributed by atoms with van der Waals surface area (Å²) in [6.07, 6.45) is 2.89. The zero-order valence-corrected chi connectivity index (χ0v) is 17.4. The van der Waals surface area contributed by atoms with E-state index in [1.54, 1.807) is 11.7 Å². The van der Waals surface area contributed by atoms with Crippen LogP contribution in [0.15, 0.2) is 47.7 Å². The summed E-state index contributed by atoms with van der Waals surface area (Å²) in [5.74, 6) is -0.217. The summed E-state index contributed by atoms with van der Waals surface area (Å²) < 4.78 is 2.87. The van der Waals surface area contributed by atoms with Crippen molar-refractivity contribution in [2.45, 2.75) is 12.6 Å². The molecule has 0 spiro atoms. The predicted octanol–water partition coefficient (Wildman–Crippen LogP) is 0.235. The van der Waals surface area contributed by atoms with Crippen molar-refractivity contribution in [1.29, 1.82) is 0 Å². The molecule has 1 aromatic carbocycles. The summed E-state index contributed by atoms with van der Waals surface area (Å²) in [6.45, 7) is 4.62. The highest BCUT2D eigenvalue weighted by Gasteiger charge is 2.21. The molecule has 1 saturated heterocycles. The number of fused-ring (bicyclic) bond motifs is 1. The van der Waals surface area contributed by atoms with Gasteiger partial charge in [0, 0.05) is 39.8 Å². The molecule has 0 aliphatic carbocycles. The standard InChI is InChI=1S/C21H27N7O2/c1-25-8-10-27(11-9-25)13-18(16-6-4-3-5-7-16)24-19(29)14-28-15-22-20-17(21(28)30)12-23-26(20)2/h3-7,12,15,18H,8-11,13-14H2,1-2H3,(H,24,29). The first-order chi connectivity index (χ1) is 14.5. The number of likely N-dealkylation sites (N-methyl/N-ethyl adjacent to an activating group) is 1. The number of aromatic nitrogens is 4. The molecule has 0 bridgehead atoms. The number of nitrogens with one attached hydrogen (secondary N) is 1. The summed E-state index contributed by atoms with van der Waals surface area (Å²) in [5, 5.41) is 7.59. The smallest absolute Gasteiger partial charge is 0.264 e. The first kappa shape index (κ1) is 20.2. The molecule has 1 aliphatic rings. The zero-order valence-electron chi connectivity index (χ0n) is 17.4. The molecule has 1 N–H and O–H groups in total. The van der Waals surface area contributed by atoms with Crippen molar-refractivity contribution >= 4 is 16.9 Å². The summed E-state index contributed by atoms with van der Waals surface area (Å²) in [4.78, 5) is 34.4. The number of rotatable bonds is 6. The van der Waals surface area contributed by atoms with Crippen LogP contribution in [-0.2, 0) is 18.4 Å². The minimum Gasteiger partial charge on any atom is -0.346 e. The number of amides is 1. The minimum atomic E-state index is -0.265. The molecule has 9 nitrogen and oxygen atoms in total. The largest absolute Gasteiger partial charge is 0.346 e.